The minimum atomic E-state index is -0.0410. The number of rotatable bonds is 6. The molecule has 2 N–H and O–H groups in total. The fourth-order valence-electron chi connectivity index (χ4n) is 2.27. The fourth-order valence-corrected chi connectivity index (χ4v) is 2.27. The van der Waals surface area contributed by atoms with Crippen molar-refractivity contribution in [2.45, 2.75) is 25.3 Å². The molecule has 0 aliphatic heterocycles. The maximum Gasteiger partial charge on any atom is 0.253 e. The Morgan fingerprint density at radius 2 is 2.05 bits per heavy atom. The molecule has 0 unspecified atom stereocenters. The lowest BCUT2D eigenvalue weighted by Gasteiger charge is -2.07. The maximum absolute atomic E-state index is 12.2. The number of amides is 1. The first-order valence-corrected chi connectivity index (χ1v) is 7.20. The Morgan fingerprint density at radius 3 is 2.90 bits per heavy atom. The molecule has 1 aromatic heterocycles. The third kappa shape index (κ3) is 3.14. The smallest absolute Gasteiger partial charge is 0.253 e. The van der Waals surface area contributed by atoms with Crippen LogP contribution in [-0.2, 0) is 0 Å². The average molecular weight is 269 g/mol. The number of nitrogens with zero attached hydrogens (tertiary/aromatic N) is 1. The standard InChI is InChI=1S/C16H19N3O/c20-16(19-11-3-10-17-13-7-8-13)14-6-1-4-12-5-2-9-18-15(12)14/h1-2,4-6,9,13,17H,3,7-8,10-11H2,(H,19,20). The van der Waals surface area contributed by atoms with Gasteiger partial charge >= 0.3 is 0 Å². The van der Waals surface area contributed by atoms with E-state index in [9.17, 15) is 4.79 Å². The van der Waals surface area contributed by atoms with Gasteiger partial charge < -0.3 is 10.6 Å². The van der Waals surface area contributed by atoms with Gasteiger partial charge in [-0.3, -0.25) is 9.78 Å². The molecular formula is C16H19N3O. The van der Waals surface area contributed by atoms with Gasteiger partial charge in [-0.05, 0) is 37.9 Å². The number of benzene rings is 1. The average Bonchev–Trinajstić information content (AvgIpc) is 3.30. The van der Waals surface area contributed by atoms with Gasteiger partial charge in [0.25, 0.3) is 5.91 Å². The summed E-state index contributed by atoms with van der Waals surface area (Å²) >= 11 is 0. The van der Waals surface area contributed by atoms with Crippen molar-refractivity contribution in [3.05, 3.63) is 42.1 Å². The van der Waals surface area contributed by atoms with E-state index in [2.05, 4.69) is 15.6 Å². The summed E-state index contributed by atoms with van der Waals surface area (Å²) in [4.78, 5) is 16.5. The molecule has 0 atom stereocenters. The molecule has 1 fully saturated rings. The van der Waals surface area contributed by atoms with Crippen molar-refractivity contribution in [2.75, 3.05) is 13.1 Å². The predicted octanol–water partition coefficient (Wildman–Crippen LogP) is 2.11. The van der Waals surface area contributed by atoms with Gasteiger partial charge in [-0.15, -0.1) is 0 Å². The quantitative estimate of drug-likeness (QED) is 0.790. The molecule has 0 saturated heterocycles. The molecule has 4 heteroatoms. The van der Waals surface area contributed by atoms with Gasteiger partial charge in [-0.2, -0.15) is 0 Å². The third-order valence-electron chi connectivity index (χ3n) is 3.53. The van der Waals surface area contributed by atoms with Crippen LogP contribution in [0.1, 0.15) is 29.6 Å². The highest BCUT2D eigenvalue weighted by atomic mass is 16.1. The summed E-state index contributed by atoms with van der Waals surface area (Å²) in [6.45, 7) is 1.67. The Hall–Kier alpha value is -1.94. The summed E-state index contributed by atoms with van der Waals surface area (Å²) in [7, 11) is 0. The van der Waals surface area contributed by atoms with E-state index < -0.39 is 0 Å². The van der Waals surface area contributed by atoms with Crippen molar-refractivity contribution in [2.24, 2.45) is 0 Å². The molecular weight excluding hydrogens is 250 g/mol. The Morgan fingerprint density at radius 1 is 1.20 bits per heavy atom. The summed E-state index contributed by atoms with van der Waals surface area (Å²) in [5.74, 6) is -0.0410. The van der Waals surface area contributed by atoms with Crippen molar-refractivity contribution < 1.29 is 4.79 Å². The Kier molecular flexibility index (Phi) is 3.92. The molecule has 1 aliphatic rings. The maximum atomic E-state index is 12.2. The van der Waals surface area contributed by atoms with Gasteiger partial charge in [0, 0.05) is 24.2 Å². The first-order chi connectivity index (χ1) is 9.84. The monoisotopic (exact) mass is 269 g/mol. The fraction of sp³-hybridized carbons (Fsp3) is 0.375. The van der Waals surface area contributed by atoms with Gasteiger partial charge in [0.15, 0.2) is 0 Å². The molecule has 104 valence electrons. The second-order valence-electron chi connectivity index (χ2n) is 5.22. The van der Waals surface area contributed by atoms with Gasteiger partial charge in [-0.1, -0.05) is 18.2 Å². The van der Waals surface area contributed by atoms with E-state index in [4.69, 9.17) is 0 Å². The topological polar surface area (TPSA) is 54.0 Å². The Balaban J connectivity index is 1.57. The minimum absolute atomic E-state index is 0.0410. The van der Waals surface area contributed by atoms with Crippen LogP contribution in [0.15, 0.2) is 36.5 Å². The van der Waals surface area contributed by atoms with Gasteiger partial charge in [0.05, 0.1) is 11.1 Å². The SMILES string of the molecule is O=C(NCCCNC1CC1)c1cccc2cccnc12. The zero-order valence-corrected chi connectivity index (χ0v) is 11.4. The second kappa shape index (κ2) is 6.01. The summed E-state index contributed by atoms with van der Waals surface area (Å²) in [6, 6.07) is 10.3. The third-order valence-corrected chi connectivity index (χ3v) is 3.53. The van der Waals surface area contributed by atoms with E-state index in [-0.39, 0.29) is 5.91 Å². The highest BCUT2D eigenvalue weighted by Crippen LogP contribution is 2.18. The van der Waals surface area contributed by atoms with Gasteiger partial charge in [0.1, 0.15) is 0 Å². The molecule has 1 amide bonds. The van der Waals surface area contributed by atoms with E-state index in [1.807, 2.05) is 30.3 Å². The molecule has 1 aliphatic carbocycles. The molecule has 4 nitrogen and oxygen atoms in total. The molecule has 1 saturated carbocycles. The number of carbonyl (C=O) groups excluding carboxylic acids is 1. The lowest BCUT2D eigenvalue weighted by atomic mass is 10.1. The molecule has 1 aromatic carbocycles. The number of fused-ring (bicyclic) bond motifs is 1. The predicted molar refractivity (Wildman–Crippen MR) is 79.7 cm³/mol. The number of pyridine rings is 1. The van der Waals surface area contributed by atoms with Crippen molar-refractivity contribution in [3.63, 3.8) is 0 Å². The molecule has 0 bridgehead atoms. The summed E-state index contributed by atoms with van der Waals surface area (Å²) < 4.78 is 0. The summed E-state index contributed by atoms with van der Waals surface area (Å²) in [5, 5.41) is 7.40. The summed E-state index contributed by atoms with van der Waals surface area (Å²) in [6.07, 6.45) is 5.28. The van der Waals surface area contributed by atoms with Crippen LogP contribution in [0, 0.1) is 0 Å². The Labute approximate surface area is 118 Å². The molecule has 20 heavy (non-hydrogen) atoms. The van der Waals surface area contributed by atoms with E-state index >= 15 is 0 Å². The molecule has 2 aromatic rings. The number of aromatic nitrogens is 1. The lowest BCUT2D eigenvalue weighted by Crippen LogP contribution is -2.28. The van der Waals surface area contributed by atoms with Crippen molar-refractivity contribution in [1.82, 2.24) is 15.6 Å². The van der Waals surface area contributed by atoms with E-state index in [0.29, 0.717) is 12.1 Å². The molecule has 0 spiro atoms. The van der Waals surface area contributed by atoms with Crippen LogP contribution in [0.2, 0.25) is 0 Å². The van der Waals surface area contributed by atoms with Gasteiger partial charge in [0.2, 0.25) is 0 Å². The van der Waals surface area contributed by atoms with E-state index in [0.717, 1.165) is 29.9 Å². The Bertz CT molecular complexity index is 602. The minimum Gasteiger partial charge on any atom is -0.352 e. The van der Waals surface area contributed by atoms with Crippen LogP contribution in [-0.4, -0.2) is 30.0 Å². The van der Waals surface area contributed by atoms with E-state index in [1.165, 1.54) is 12.8 Å². The molecule has 0 radical (unpaired) electrons. The number of para-hydroxylation sites is 1. The number of nitrogens with one attached hydrogen (secondary N) is 2. The second-order valence-corrected chi connectivity index (χ2v) is 5.22. The van der Waals surface area contributed by atoms with Gasteiger partial charge in [-0.25, -0.2) is 0 Å². The zero-order chi connectivity index (χ0) is 13.8. The van der Waals surface area contributed by atoms with Crippen molar-refractivity contribution >= 4 is 16.8 Å². The number of hydrogen-bond acceptors (Lipinski definition) is 3. The van der Waals surface area contributed by atoms with Crippen molar-refractivity contribution in [1.29, 1.82) is 0 Å². The van der Waals surface area contributed by atoms with Crippen LogP contribution >= 0.6 is 0 Å². The number of carbonyl (C=O) groups is 1. The first-order valence-electron chi connectivity index (χ1n) is 7.20. The normalized spacial score (nSPS) is 14.4. The molecule has 3 rings (SSSR count). The van der Waals surface area contributed by atoms with Crippen LogP contribution in [0.4, 0.5) is 0 Å². The highest BCUT2D eigenvalue weighted by molar-refractivity contribution is 6.05. The van der Waals surface area contributed by atoms with Crippen LogP contribution in [0.3, 0.4) is 0 Å². The van der Waals surface area contributed by atoms with Crippen molar-refractivity contribution in [3.8, 4) is 0 Å². The highest BCUT2D eigenvalue weighted by Gasteiger charge is 2.19. The zero-order valence-electron chi connectivity index (χ0n) is 11.4. The van der Waals surface area contributed by atoms with Crippen LogP contribution in [0.5, 0.6) is 0 Å². The largest absolute Gasteiger partial charge is 0.352 e. The van der Waals surface area contributed by atoms with Crippen LogP contribution in [0.25, 0.3) is 10.9 Å². The van der Waals surface area contributed by atoms with E-state index in [1.54, 1.807) is 6.20 Å². The summed E-state index contributed by atoms with van der Waals surface area (Å²) in [5.41, 5.74) is 1.42. The van der Waals surface area contributed by atoms with Crippen LogP contribution < -0.4 is 10.6 Å². The first kappa shape index (κ1) is 13.1. The lowest BCUT2D eigenvalue weighted by molar-refractivity contribution is 0.0954. The molecule has 1 heterocycles. The number of hydrogen-bond donors (Lipinski definition) is 2.